The summed E-state index contributed by atoms with van der Waals surface area (Å²) in [5.74, 6) is -0.612. The number of carboxylic acids is 1. The Labute approximate surface area is 369 Å². The molecule has 0 radical (unpaired) electrons. The second kappa shape index (κ2) is 21.4. The molecule has 19 heteroatoms. The van der Waals surface area contributed by atoms with Crippen LogP contribution in [0.5, 0.6) is 23.0 Å². The number of carboxylic acid groups (broad SMARTS) is 1. The molecule has 2 fully saturated rings. The van der Waals surface area contributed by atoms with E-state index in [4.69, 9.17) is 26.0 Å². The molecule has 1 amide bonds. The Bertz CT molecular complexity index is 2480. The maximum Gasteiger partial charge on any atom is 0.420 e. The average Bonchev–Trinajstić information content (AvgIpc) is 3.30. The molecule has 340 valence electrons. The van der Waals surface area contributed by atoms with Gasteiger partial charge in [0.15, 0.2) is 0 Å². The SMILES string of the molecule is Nc1ccc(C2CCN(C(=O)c3ccc(Oc4ccccc4)c(C(F)(F)F)c3)CC2)nn1.Nc1ccc(C2CCNCC2)nn1.O=C(O)c1ccc(Oc2ccccc2)c(C(F)(F)F)c1. The van der Waals surface area contributed by atoms with Gasteiger partial charge in [0.2, 0.25) is 0 Å². The molecule has 0 bridgehead atoms. The van der Waals surface area contributed by atoms with Crippen LogP contribution in [0.3, 0.4) is 0 Å². The number of nitrogen functional groups attached to an aromatic ring is 2. The van der Waals surface area contributed by atoms with Crippen molar-refractivity contribution in [3.63, 3.8) is 0 Å². The van der Waals surface area contributed by atoms with Crippen molar-refractivity contribution in [2.24, 2.45) is 0 Å². The predicted octanol–water partition coefficient (Wildman–Crippen LogP) is 9.61. The number of anilines is 2. The first-order valence-corrected chi connectivity index (χ1v) is 20.3. The number of para-hydroxylation sites is 2. The second-order valence-corrected chi connectivity index (χ2v) is 14.9. The molecule has 0 saturated carbocycles. The highest BCUT2D eigenvalue weighted by Crippen LogP contribution is 2.40. The number of ether oxygens (including phenoxy) is 2. The first kappa shape index (κ1) is 47.2. The molecule has 6 N–H and O–H groups in total. The highest BCUT2D eigenvalue weighted by Gasteiger charge is 2.37. The summed E-state index contributed by atoms with van der Waals surface area (Å²) in [7, 11) is 0. The topological polar surface area (TPSA) is 192 Å². The Kier molecular flexibility index (Phi) is 15.5. The van der Waals surface area contributed by atoms with Crippen molar-refractivity contribution >= 4 is 23.5 Å². The van der Waals surface area contributed by atoms with E-state index in [1.54, 1.807) is 59.5 Å². The molecule has 2 aliphatic rings. The van der Waals surface area contributed by atoms with Gasteiger partial charge in [0, 0.05) is 30.5 Å². The molecule has 6 aromatic rings. The highest BCUT2D eigenvalue weighted by molar-refractivity contribution is 5.94. The normalized spacial score (nSPS) is 14.5. The summed E-state index contributed by atoms with van der Waals surface area (Å²) in [5, 5.41) is 28.0. The number of aromatic carboxylic acids is 1. The largest absolute Gasteiger partial charge is 0.478 e. The fourth-order valence-electron chi connectivity index (χ4n) is 7.00. The predicted molar refractivity (Wildman–Crippen MR) is 228 cm³/mol. The van der Waals surface area contributed by atoms with E-state index >= 15 is 0 Å². The van der Waals surface area contributed by atoms with E-state index in [1.165, 1.54) is 24.3 Å². The number of hydrogen-bond donors (Lipinski definition) is 4. The molecule has 0 unspecified atom stereocenters. The van der Waals surface area contributed by atoms with Crippen molar-refractivity contribution in [2.45, 2.75) is 49.9 Å². The smallest absolute Gasteiger partial charge is 0.420 e. The quantitative estimate of drug-likeness (QED) is 0.106. The van der Waals surface area contributed by atoms with Gasteiger partial charge < -0.3 is 36.3 Å². The van der Waals surface area contributed by atoms with Gasteiger partial charge in [-0.2, -0.15) is 36.5 Å². The van der Waals surface area contributed by atoms with Crippen LogP contribution in [0, 0.1) is 0 Å². The van der Waals surface area contributed by atoms with E-state index in [9.17, 15) is 35.9 Å². The molecule has 4 heterocycles. The molecule has 2 saturated heterocycles. The third-order valence-electron chi connectivity index (χ3n) is 10.4. The Morgan fingerprint density at radius 2 is 1.02 bits per heavy atom. The summed E-state index contributed by atoms with van der Waals surface area (Å²) in [5.41, 5.74) is 10.3. The van der Waals surface area contributed by atoms with Gasteiger partial charge in [0.05, 0.1) is 28.1 Å². The van der Waals surface area contributed by atoms with Crippen molar-refractivity contribution in [2.75, 3.05) is 37.6 Å². The Morgan fingerprint density at radius 1 is 0.585 bits per heavy atom. The van der Waals surface area contributed by atoms with Gasteiger partial charge in [-0.15, -0.1) is 10.2 Å². The van der Waals surface area contributed by atoms with Gasteiger partial charge in [0.1, 0.15) is 34.6 Å². The number of alkyl halides is 6. The van der Waals surface area contributed by atoms with Crippen LogP contribution < -0.4 is 26.3 Å². The standard InChI is InChI=1S/C23H21F3N4O2.C14H9F3O3.C9H14N4/c24-23(25,26)18-14-16(6-8-20(18)32-17-4-2-1-3-5-17)22(31)30-12-10-15(11-13-30)19-7-9-21(27)29-28-19;15-14(16,17)11-8-9(13(18)19)6-7-12(11)20-10-4-2-1-3-5-10;10-9-2-1-8(12-13-9)7-3-5-11-6-4-7/h1-9,14-15H,10-13H2,(H2,27,29);1-8H,(H,18,19);1-2,7,11H,3-6H2,(H2,10,13). The summed E-state index contributed by atoms with van der Waals surface area (Å²) < 4.78 is 90.4. The molecule has 2 aromatic heterocycles. The number of amides is 1. The number of nitrogens with two attached hydrogens (primary N) is 2. The first-order valence-electron chi connectivity index (χ1n) is 20.3. The van der Waals surface area contributed by atoms with Crippen LogP contribution in [0.25, 0.3) is 0 Å². The molecule has 2 aliphatic heterocycles. The number of benzene rings is 4. The van der Waals surface area contributed by atoms with Crippen molar-refractivity contribution in [1.82, 2.24) is 30.6 Å². The van der Waals surface area contributed by atoms with Gasteiger partial charge in [-0.05, 0) is 124 Å². The van der Waals surface area contributed by atoms with E-state index < -0.39 is 46.7 Å². The molecule has 4 aromatic carbocycles. The van der Waals surface area contributed by atoms with E-state index in [2.05, 4.69) is 25.7 Å². The van der Waals surface area contributed by atoms with Crippen LogP contribution in [-0.4, -0.2) is 68.5 Å². The van der Waals surface area contributed by atoms with Crippen LogP contribution in [0.1, 0.15) is 80.7 Å². The van der Waals surface area contributed by atoms with Gasteiger partial charge in [-0.25, -0.2) is 4.79 Å². The number of nitrogens with one attached hydrogen (secondary N) is 1. The molecular formula is C46H44F6N8O5. The van der Waals surface area contributed by atoms with Crippen LogP contribution in [0.4, 0.5) is 38.0 Å². The zero-order valence-electron chi connectivity index (χ0n) is 34.6. The number of carbonyl (C=O) groups is 2. The lowest BCUT2D eigenvalue weighted by Crippen LogP contribution is -2.38. The Balaban J connectivity index is 0.000000180. The van der Waals surface area contributed by atoms with Gasteiger partial charge in [0.25, 0.3) is 5.91 Å². The monoisotopic (exact) mass is 902 g/mol. The third kappa shape index (κ3) is 13.4. The van der Waals surface area contributed by atoms with Crippen molar-refractivity contribution in [3.05, 3.63) is 155 Å². The number of aromatic nitrogens is 4. The number of carbonyl (C=O) groups excluding carboxylic acids is 1. The summed E-state index contributed by atoms with van der Waals surface area (Å²) in [6.07, 6.45) is -5.77. The Morgan fingerprint density at radius 3 is 1.43 bits per heavy atom. The van der Waals surface area contributed by atoms with Crippen LogP contribution in [0.2, 0.25) is 0 Å². The number of rotatable bonds is 8. The maximum absolute atomic E-state index is 13.7. The minimum atomic E-state index is -4.70. The van der Waals surface area contributed by atoms with Crippen molar-refractivity contribution < 1.29 is 50.5 Å². The molecule has 0 spiro atoms. The molecule has 8 rings (SSSR count). The average molecular weight is 903 g/mol. The summed E-state index contributed by atoms with van der Waals surface area (Å²) in [6, 6.07) is 29.5. The summed E-state index contributed by atoms with van der Waals surface area (Å²) >= 11 is 0. The van der Waals surface area contributed by atoms with E-state index in [0.717, 1.165) is 55.5 Å². The lowest BCUT2D eigenvalue weighted by Gasteiger charge is -2.31. The minimum Gasteiger partial charge on any atom is -0.478 e. The number of piperidine rings is 2. The lowest BCUT2D eigenvalue weighted by molar-refractivity contribution is -0.139. The number of nitrogens with zero attached hydrogens (tertiary/aromatic N) is 5. The van der Waals surface area contributed by atoms with Gasteiger partial charge in [-0.3, -0.25) is 4.79 Å². The molecule has 0 atom stereocenters. The first-order chi connectivity index (χ1) is 31.0. The number of halogens is 6. The maximum atomic E-state index is 13.7. The number of likely N-dealkylation sites (tertiary alicyclic amines) is 1. The van der Waals surface area contributed by atoms with Crippen molar-refractivity contribution in [1.29, 1.82) is 0 Å². The van der Waals surface area contributed by atoms with E-state index in [1.807, 2.05) is 18.2 Å². The van der Waals surface area contributed by atoms with Gasteiger partial charge in [-0.1, -0.05) is 36.4 Å². The number of hydrogen-bond acceptors (Lipinski definition) is 11. The second-order valence-electron chi connectivity index (χ2n) is 14.9. The van der Waals surface area contributed by atoms with E-state index in [0.29, 0.717) is 49.6 Å². The zero-order chi connectivity index (χ0) is 46.6. The summed E-state index contributed by atoms with van der Waals surface area (Å²) in [4.78, 5) is 25.2. The fourth-order valence-corrected chi connectivity index (χ4v) is 7.00. The van der Waals surface area contributed by atoms with Crippen LogP contribution >= 0.6 is 0 Å². The molecular weight excluding hydrogens is 859 g/mol. The molecule has 13 nitrogen and oxygen atoms in total. The fraction of sp³-hybridized carbons (Fsp3) is 0.261. The summed E-state index contributed by atoms with van der Waals surface area (Å²) in [6.45, 7) is 2.99. The minimum absolute atomic E-state index is 0.0246. The highest BCUT2D eigenvalue weighted by atomic mass is 19.4. The zero-order valence-corrected chi connectivity index (χ0v) is 34.6. The van der Waals surface area contributed by atoms with Crippen LogP contribution in [0.15, 0.2) is 121 Å². The van der Waals surface area contributed by atoms with Crippen LogP contribution in [-0.2, 0) is 12.4 Å². The van der Waals surface area contributed by atoms with Gasteiger partial charge >= 0.3 is 18.3 Å². The van der Waals surface area contributed by atoms with Crippen molar-refractivity contribution in [3.8, 4) is 23.0 Å². The molecule has 0 aliphatic carbocycles. The van der Waals surface area contributed by atoms with E-state index in [-0.39, 0.29) is 28.7 Å². The Hall–Kier alpha value is -7.28. The third-order valence-corrected chi connectivity index (χ3v) is 10.4. The lowest BCUT2D eigenvalue weighted by atomic mass is 9.93. The molecule has 65 heavy (non-hydrogen) atoms.